The first-order valence-electron chi connectivity index (χ1n) is 7.69. The Balaban J connectivity index is 1.67. The van der Waals surface area contributed by atoms with Crippen LogP contribution in [-0.4, -0.2) is 42.6 Å². The number of amides is 1. The molecule has 0 fully saturated rings. The molecule has 2 aromatic rings. The van der Waals surface area contributed by atoms with Gasteiger partial charge in [-0.25, -0.2) is 0 Å². The number of aromatic nitrogens is 1. The lowest BCUT2D eigenvalue weighted by Crippen LogP contribution is -2.30. The maximum atomic E-state index is 12.2. The number of pyridine rings is 1. The summed E-state index contributed by atoms with van der Waals surface area (Å²) in [6, 6.07) is 11.3. The van der Waals surface area contributed by atoms with E-state index in [1.165, 1.54) is 0 Å². The summed E-state index contributed by atoms with van der Waals surface area (Å²) >= 11 is 0. The van der Waals surface area contributed by atoms with Crippen molar-refractivity contribution in [1.29, 1.82) is 0 Å². The summed E-state index contributed by atoms with van der Waals surface area (Å²) in [6.45, 7) is 0.515. The molecule has 0 bridgehead atoms. The van der Waals surface area contributed by atoms with Crippen molar-refractivity contribution in [2.75, 3.05) is 20.7 Å². The van der Waals surface area contributed by atoms with Gasteiger partial charge < -0.3 is 14.4 Å². The van der Waals surface area contributed by atoms with Gasteiger partial charge in [0.2, 0.25) is 0 Å². The van der Waals surface area contributed by atoms with Crippen molar-refractivity contribution in [3.63, 3.8) is 0 Å². The van der Waals surface area contributed by atoms with Crippen molar-refractivity contribution in [2.24, 2.45) is 0 Å². The third kappa shape index (κ3) is 3.44. The van der Waals surface area contributed by atoms with Gasteiger partial charge in [-0.3, -0.25) is 9.78 Å². The molecule has 1 aromatic heterocycles. The fourth-order valence-corrected chi connectivity index (χ4v) is 2.58. The molecule has 0 spiro atoms. The van der Waals surface area contributed by atoms with Crippen molar-refractivity contribution in [2.45, 2.75) is 18.9 Å². The van der Waals surface area contributed by atoms with Crippen LogP contribution >= 0.6 is 0 Å². The number of benzene rings is 1. The van der Waals surface area contributed by atoms with Crippen LogP contribution in [0.3, 0.4) is 0 Å². The number of para-hydroxylation sites is 2. The Morgan fingerprint density at radius 3 is 2.78 bits per heavy atom. The number of ether oxygens (including phenoxy) is 2. The normalized spacial score (nSPS) is 16.0. The fraction of sp³-hybridized carbons (Fsp3) is 0.333. The lowest BCUT2D eigenvalue weighted by atomic mass is 10.1. The number of rotatable bonds is 4. The third-order valence-electron chi connectivity index (χ3n) is 3.80. The molecule has 0 unspecified atom stereocenters. The van der Waals surface area contributed by atoms with Crippen LogP contribution in [0, 0.1) is 0 Å². The maximum Gasteiger partial charge on any atom is 0.255 e. The van der Waals surface area contributed by atoms with E-state index in [1.54, 1.807) is 31.3 Å². The lowest BCUT2D eigenvalue weighted by molar-refractivity contribution is 0.0815. The van der Waals surface area contributed by atoms with Crippen molar-refractivity contribution >= 4 is 5.91 Å². The zero-order valence-electron chi connectivity index (χ0n) is 13.4. The van der Waals surface area contributed by atoms with Crippen molar-refractivity contribution in [3.8, 4) is 11.5 Å². The molecule has 5 nitrogen and oxygen atoms in total. The van der Waals surface area contributed by atoms with Crippen LogP contribution in [0.4, 0.5) is 0 Å². The number of hydrogen-bond donors (Lipinski definition) is 0. The summed E-state index contributed by atoms with van der Waals surface area (Å²) in [7, 11) is 3.49. The summed E-state index contributed by atoms with van der Waals surface area (Å²) < 4.78 is 11.7. The Labute approximate surface area is 135 Å². The van der Waals surface area contributed by atoms with Crippen LogP contribution in [0.2, 0.25) is 0 Å². The Morgan fingerprint density at radius 1 is 1.22 bits per heavy atom. The van der Waals surface area contributed by atoms with E-state index in [2.05, 4.69) is 4.98 Å². The molecule has 5 heteroatoms. The molecule has 23 heavy (non-hydrogen) atoms. The average Bonchev–Trinajstić information content (AvgIpc) is 2.59. The second-order valence-corrected chi connectivity index (χ2v) is 5.73. The highest BCUT2D eigenvalue weighted by Crippen LogP contribution is 2.31. The molecule has 1 aliphatic heterocycles. The first-order valence-corrected chi connectivity index (χ1v) is 7.69. The highest BCUT2D eigenvalue weighted by Gasteiger charge is 2.22. The van der Waals surface area contributed by atoms with E-state index in [-0.39, 0.29) is 12.0 Å². The van der Waals surface area contributed by atoms with Gasteiger partial charge >= 0.3 is 0 Å². The molecular formula is C18H20N2O3. The Bertz CT molecular complexity index is 700. The molecule has 0 saturated carbocycles. The molecule has 0 aliphatic carbocycles. The van der Waals surface area contributed by atoms with Crippen LogP contribution in [-0.2, 0) is 6.42 Å². The van der Waals surface area contributed by atoms with Crippen LogP contribution in [0.5, 0.6) is 11.5 Å². The number of nitrogens with zero attached hydrogens (tertiary/aromatic N) is 2. The standard InChI is InChI=1S/C18H20N2O3/c1-20(2)18(21)14-6-5-11-19-15(14)10-9-13-12-22-16-7-3-4-8-17(16)23-13/h3-8,11,13H,9-10,12H2,1-2H3/t13-/m0/s1. The quantitative estimate of drug-likeness (QED) is 0.870. The van der Waals surface area contributed by atoms with Gasteiger partial charge in [0.15, 0.2) is 11.5 Å². The van der Waals surface area contributed by atoms with E-state index in [0.29, 0.717) is 18.6 Å². The zero-order chi connectivity index (χ0) is 16.2. The molecule has 1 aliphatic rings. The highest BCUT2D eigenvalue weighted by molar-refractivity contribution is 5.94. The second-order valence-electron chi connectivity index (χ2n) is 5.73. The second kappa shape index (κ2) is 6.69. The van der Waals surface area contributed by atoms with Gasteiger partial charge in [0.1, 0.15) is 12.7 Å². The zero-order valence-corrected chi connectivity index (χ0v) is 13.4. The van der Waals surface area contributed by atoms with Gasteiger partial charge in [0, 0.05) is 20.3 Å². The Kier molecular flexibility index (Phi) is 4.46. The maximum absolute atomic E-state index is 12.2. The van der Waals surface area contributed by atoms with E-state index < -0.39 is 0 Å². The number of hydrogen-bond acceptors (Lipinski definition) is 4. The lowest BCUT2D eigenvalue weighted by Gasteiger charge is -2.26. The first-order chi connectivity index (χ1) is 11.1. The minimum atomic E-state index is -0.0331. The topological polar surface area (TPSA) is 51.7 Å². The summed E-state index contributed by atoms with van der Waals surface area (Å²) in [6.07, 6.45) is 3.11. The van der Waals surface area contributed by atoms with Gasteiger partial charge in [-0.15, -0.1) is 0 Å². The highest BCUT2D eigenvalue weighted by atomic mass is 16.6. The summed E-state index contributed by atoms with van der Waals surface area (Å²) in [4.78, 5) is 18.1. The van der Waals surface area contributed by atoms with E-state index in [1.807, 2.05) is 30.3 Å². The van der Waals surface area contributed by atoms with Gasteiger partial charge in [0.25, 0.3) is 5.91 Å². The van der Waals surface area contributed by atoms with Crippen LogP contribution in [0.25, 0.3) is 0 Å². The molecule has 3 rings (SSSR count). The predicted octanol–water partition coefficient (Wildman–Crippen LogP) is 2.56. The van der Waals surface area contributed by atoms with Crippen LogP contribution < -0.4 is 9.47 Å². The number of aryl methyl sites for hydroxylation is 1. The molecule has 1 aromatic carbocycles. The van der Waals surface area contributed by atoms with Gasteiger partial charge in [-0.2, -0.15) is 0 Å². The minimum Gasteiger partial charge on any atom is -0.486 e. The van der Waals surface area contributed by atoms with E-state index in [9.17, 15) is 4.79 Å². The molecule has 0 N–H and O–H groups in total. The first kappa shape index (κ1) is 15.3. The molecule has 1 amide bonds. The monoisotopic (exact) mass is 312 g/mol. The molecule has 0 saturated heterocycles. The molecule has 0 radical (unpaired) electrons. The summed E-state index contributed by atoms with van der Waals surface area (Å²) in [5.41, 5.74) is 1.45. The largest absolute Gasteiger partial charge is 0.486 e. The number of carbonyl (C=O) groups excluding carboxylic acids is 1. The molecule has 1 atom stereocenters. The van der Waals surface area contributed by atoms with Gasteiger partial charge in [-0.05, 0) is 37.1 Å². The van der Waals surface area contributed by atoms with Crippen LogP contribution in [0.15, 0.2) is 42.6 Å². The predicted molar refractivity (Wildman–Crippen MR) is 86.9 cm³/mol. The van der Waals surface area contributed by atoms with Gasteiger partial charge in [-0.1, -0.05) is 12.1 Å². The Hall–Kier alpha value is -2.56. The number of fused-ring (bicyclic) bond motifs is 1. The SMILES string of the molecule is CN(C)C(=O)c1cccnc1CC[C@H]1COc2ccccc2O1. The summed E-state index contributed by atoms with van der Waals surface area (Å²) in [5, 5.41) is 0. The molecular weight excluding hydrogens is 292 g/mol. The van der Waals surface area contributed by atoms with E-state index in [0.717, 1.165) is 23.6 Å². The summed E-state index contributed by atoms with van der Waals surface area (Å²) in [5.74, 6) is 1.53. The Morgan fingerprint density at radius 2 is 2.00 bits per heavy atom. The van der Waals surface area contributed by atoms with Crippen molar-refractivity contribution < 1.29 is 14.3 Å². The van der Waals surface area contributed by atoms with Crippen molar-refractivity contribution in [3.05, 3.63) is 53.9 Å². The average molecular weight is 312 g/mol. The number of carbonyl (C=O) groups is 1. The minimum absolute atomic E-state index is 0.0285. The molecule has 120 valence electrons. The van der Waals surface area contributed by atoms with Crippen LogP contribution in [0.1, 0.15) is 22.5 Å². The fourth-order valence-electron chi connectivity index (χ4n) is 2.58. The van der Waals surface area contributed by atoms with Crippen molar-refractivity contribution in [1.82, 2.24) is 9.88 Å². The van der Waals surface area contributed by atoms with Gasteiger partial charge in [0.05, 0.1) is 11.3 Å². The molecule has 2 heterocycles. The van der Waals surface area contributed by atoms with E-state index in [4.69, 9.17) is 9.47 Å². The smallest absolute Gasteiger partial charge is 0.255 e. The van der Waals surface area contributed by atoms with E-state index >= 15 is 0 Å². The third-order valence-corrected chi connectivity index (χ3v) is 3.80.